The Bertz CT molecular complexity index is 765. The van der Waals surface area contributed by atoms with Crippen molar-refractivity contribution in [3.63, 3.8) is 0 Å². The van der Waals surface area contributed by atoms with E-state index in [2.05, 4.69) is 25.5 Å². The predicted octanol–water partition coefficient (Wildman–Crippen LogP) is 1.28. The quantitative estimate of drug-likeness (QED) is 0.761. The lowest BCUT2D eigenvalue weighted by Gasteiger charge is -2.00. The van der Waals surface area contributed by atoms with Gasteiger partial charge in [-0.05, 0) is 19.1 Å². The summed E-state index contributed by atoms with van der Waals surface area (Å²) in [7, 11) is 0. The molecule has 0 radical (unpaired) electrons. The van der Waals surface area contributed by atoms with E-state index in [0.29, 0.717) is 17.4 Å². The third-order valence-electron chi connectivity index (χ3n) is 2.98. The number of carbonyl (C=O) groups excluding carboxylic acids is 1. The molecule has 0 aliphatic carbocycles. The molecule has 112 valence electrons. The average Bonchev–Trinajstić information content (AvgIpc) is 3.22. The topological polar surface area (TPSA) is 98.7 Å². The molecule has 0 aromatic carbocycles. The van der Waals surface area contributed by atoms with E-state index < -0.39 is 0 Å². The van der Waals surface area contributed by atoms with Gasteiger partial charge in [-0.2, -0.15) is 10.1 Å². The van der Waals surface area contributed by atoms with Crippen molar-refractivity contribution in [3.8, 4) is 11.4 Å². The monoisotopic (exact) mass is 298 g/mol. The van der Waals surface area contributed by atoms with E-state index in [4.69, 9.17) is 4.52 Å². The first-order valence-electron chi connectivity index (χ1n) is 6.81. The number of nitrogens with one attached hydrogen (secondary N) is 1. The molecular formula is C14H14N6O2. The standard InChI is InChI=1S/C14H14N6O2/c1-2-20-9-10(7-17-20)13-18-12(22-19-13)8-16-14(21)11-5-3-4-6-15-11/h3-7,9H,2,8H2,1H3,(H,16,21). The van der Waals surface area contributed by atoms with Crippen LogP contribution in [0.1, 0.15) is 23.3 Å². The molecule has 3 aromatic rings. The van der Waals surface area contributed by atoms with Crippen molar-refractivity contribution in [2.45, 2.75) is 20.0 Å². The maximum atomic E-state index is 11.9. The van der Waals surface area contributed by atoms with Crippen molar-refractivity contribution in [1.82, 2.24) is 30.2 Å². The molecule has 0 fully saturated rings. The lowest BCUT2D eigenvalue weighted by Crippen LogP contribution is -2.23. The zero-order valence-electron chi connectivity index (χ0n) is 11.9. The minimum Gasteiger partial charge on any atom is -0.342 e. The highest BCUT2D eigenvalue weighted by Gasteiger charge is 2.12. The molecule has 0 unspecified atom stereocenters. The Labute approximate surface area is 126 Å². The van der Waals surface area contributed by atoms with Gasteiger partial charge in [0.1, 0.15) is 5.69 Å². The molecule has 0 saturated carbocycles. The van der Waals surface area contributed by atoms with Crippen LogP contribution in [0.4, 0.5) is 0 Å². The van der Waals surface area contributed by atoms with Gasteiger partial charge >= 0.3 is 0 Å². The molecule has 0 saturated heterocycles. The summed E-state index contributed by atoms with van der Waals surface area (Å²) in [6, 6.07) is 5.13. The highest BCUT2D eigenvalue weighted by atomic mass is 16.5. The normalized spacial score (nSPS) is 10.6. The van der Waals surface area contributed by atoms with E-state index in [1.54, 1.807) is 35.3 Å². The highest BCUT2D eigenvalue weighted by molar-refractivity contribution is 5.92. The van der Waals surface area contributed by atoms with Crippen molar-refractivity contribution in [3.05, 3.63) is 48.4 Å². The van der Waals surface area contributed by atoms with Crippen LogP contribution in [-0.4, -0.2) is 30.8 Å². The van der Waals surface area contributed by atoms with Gasteiger partial charge < -0.3 is 9.84 Å². The average molecular weight is 298 g/mol. The molecule has 3 heterocycles. The van der Waals surface area contributed by atoms with Crippen LogP contribution < -0.4 is 5.32 Å². The van der Waals surface area contributed by atoms with Gasteiger partial charge in [0.25, 0.3) is 5.91 Å². The molecule has 8 heteroatoms. The summed E-state index contributed by atoms with van der Waals surface area (Å²) in [5.74, 6) is 0.476. The summed E-state index contributed by atoms with van der Waals surface area (Å²) in [6.45, 7) is 2.90. The van der Waals surface area contributed by atoms with E-state index in [1.807, 2.05) is 13.1 Å². The third-order valence-corrected chi connectivity index (χ3v) is 2.98. The van der Waals surface area contributed by atoms with E-state index >= 15 is 0 Å². The number of aromatic nitrogens is 5. The van der Waals surface area contributed by atoms with Crippen molar-refractivity contribution < 1.29 is 9.32 Å². The maximum absolute atomic E-state index is 11.9. The third kappa shape index (κ3) is 3.00. The molecule has 1 amide bonds. The second kappa shape index (κ2) is 6.17. The summed E-state index contributed by atoms with van der Waals surface area (Å²) in [5.41, 5.74) is 1.11. The van der Waals surface area contributed by atoms with Crippen LogP contribution in [0.15, 0.2) is 41.3 Å². The molecule has 0 atom stereocenters. The molecular weight excluding hydrogens is 284 g/mol. The molecule has 0 aliphatic rings. The van der Waals surface area contributed by atoms with E-state index in [1.165, 1.54) is 0 Å². The summed E-state index contributed by atoms with van der Waals surface area (Å²) < 4.78 is 6.89. The second-order valence-electron chi connectivity index (χ2n) is 4.49. The fourth-order valence-electron chi connectivity index (χ4n) is 1.84. The molecule has 1 N–H and O–H groups in total. The molecule has 8 nitrogen and oxygen atoms in total. The zero-order valence-corrected chi connectivity index (χ0v) is 11.9. The first-order valence-corrected chi connectivity index (χ1v) is 6.81. The molecule has 0 spiro atoms. The zero-order chi connectivity index (χ0) is 15.4. The van der Waals surface area contributed by atoms with Crippen LogP contribution in [0.25, 0.3) is 11.4 Å². The van der Waals surface area contributed by atoms with Gasteiger partial charge in [0.2, 0.25) is 11.7 Å². The Morgan fingerprint density at radius 3 is 3.05 bits per heavy atom. The molecule has 22 heavy (non-hydrogen) atoms. The van der Waals surface area contributed by atoms with Gasteiger partial charge in [0.15, 0.2) is 0 Å². The van der Waals surface area contributed by atoms with Crippen LogP contribution >= 0.6 is 0 Å². The van der Waals surface area contributed by atoms with E-state index in [-0.39, 0.29) is 12.5 Å². The summed E-state index contributed by atoms with van der Waals surface area (Å²) in [4.78, 5) is 20.1. The smallest absolute Gasteiger partial charge is 0.270 e. The van der Waals surface area contributed by atoms with Crippen molar-refractivity contribution >= 4 is 5.91 Å². The lowest BCUT2D eigenvalue weighted by atomic mass is 10.3. The highest BCUT2D eigenvalue weighted by Crippen LogP contribution is 2.14. The van der Waals surface area contributed by atoms with Crippen molar-refractivity contribution in [1.29, 1.82) is 0 Å². The van der Waals surface area contributed by atoms with E-state index in [9.17, 15) is 4.79 Å². The first kappa shape index (κ1) is 13.9. The van der Waals surface area contributed by atoms with Gasteiger partial charge in [-0.25, -0.2) is 0 Å². The maximum Gasteiger partial charge on any atom is 0.270 e. The minimum absolute atomic E-state index is 0.143. The molecule has 0 bridgehead atoms. The fourth-order valence-corrected chi connectivity index (χ4v) is 1.84. The fraction of sp³-hybridized carbons (Fsp3) is 0.214. The number of amides is 1. The molecule has 3 rings (SSSR count). The Balaban J connectivity index is 1.63. The Morgan fingerprint density at radius 2 is 2.32 bits per heavy atom. The molecule has 3 aromatic heterocycles. The van der Waals surface area contributed by atoms with Gasteiger partial charge in [-0.1, -0.05) is 11.2 Å². The number of hydrogen-bond donors (Lipinski definition) is 1. The largest absolute Gasteiger partial charge is 0.342 e. The second-order valence-corrected chi connectivity index (χ2v) is 4.49. The molecule has 0 aliphatic heterocycles. The summed E-state index contributed by atoms with van der Waals surface area (Å²) in [6.07, 6.45) is 5.07. The SMILES string of the molecule is CCn1cc(-c2noc(CNC(=O)c3ccccn3)n2)cn1. The summed E-state index contributed by atoms with van der Waals surface area (Å²) in [5, 5.41) is 10.7. The van der Waals surface area contributed by atoms with Gasteiger partial charge in [-0.15, -0.1) is 0 Å². The number of aryl methyl sites for hydroxylation is 1. The number of carbonyl (C=O) groups is 1. The number of nitrogens with zero attached hydrogens (tertiary/aromatic N) is 5. The van der Waals surface area contributed by atoms with Crippen molar-refractivity contribution in [2.75, 3.05) is 0 Å². The van der Waals surface area contributed by atoms with Gasteiger partial charge in [0.05, 0.1) is 18.3 Å². The Hall–Kier alpha value is -3.03. The number of pyridine rings is 1. The predicted molar refractivity (Wildman–Crippen MR) is 76.6 cm³/mol. The van der Waals surface area contributed by atoms with Crippen LogP contribution in [0, 0.1) is 0 Å². The Kier molecular flexibility index (Phi) is 3.90. The Morgan fingerprint density at radius 1 is 1.41 bits per heavy atom. The van der Waals surface area contributed by atoms with Crippen LogP contribution in [0.5, 0.6) is 0 Å². The minimum atomic E-state index is -0.292. The van der Waals surface area contributed by atoms with Crippen LogP contribution in [-0.2, 0) is 13.1 Å². The lowest BCUT2D eigenvalue weighted by molar-refractivity contribution is 0.0941. The van der Waals surface area contributed by atoms with Crippen LogP contribution in [0.3, 0.4) is 0 Å². The van der Waals surface area contributed by atoms with Crippen LogP contribution in [0.2, 0.25) is 0 Å². The van der Waals surface area contributed by atoms with Crippen molar-refractivity contribution in [2.24, 2.45) is 0 Å². The first-order chi connectivity index (χ1) is 10.8. The number of rotatable bonds is 5. The number of hydrogen-bond acceptors (Lipinski definition) is 6. The summed E-state index contributed by atoms with van der Waals surface area (Å²) >= 11 is 0. The van der Waals surface area contributed by atoms with Gasteiger partial charge in [0, 0.05) is 18.9 Å². The van der Waals surface area contributed by atoms with Gasteiger partial charge in [-0.3, -0.25) is 14.5 Å². The van der Waals surface area contributed by atoms with E-state index in [0.717, 1.165) is 12.1 Å².